The summed E-state index contributed by atoms with van der Waals surface area (Å²) in [5.41, 5.74) is 6.39. The average molecular weight is 227 g/mol. The lowest BCUT2D eigenvalue weighted by atomic mass is 9.75. The Hall–Kier alpha value is -0.120. The van der Waals surface area contributed by atoms with Crippen LogP contribution in [0.5, 0.6) is 0 Å². The fourth-order valence-corrected chi connectivity index (χ4v) is 3.03. The first-order valence-corrected chi connectivity index (χ1v) is 6.60. The van der Waals surface area contributed by atoms with Crippen LogP contribution >= 0.6 is 0 Å². The van der Waals surface area contributed by atoms with Crippen LogP contribution in [0.4, 0.5) is 0 Å². The van der Waals surface area contributed by atoms with Crippen molar-refractivity contribution in [1.29, 1.82) is 0 Å². The van der Waals surface area contributed by atoms with Gasteiger partial charge in [0.1, 0.15) is 0 Å². The molecule has 2 N–H and O–H groups in total. The van der Waals surface area contributed by atoms with E-state index in [4.69, 9.17) is 15.2 Å². The summed E-state index contributed by atoms with van der Waals surface area (Å²) in [5, 5.41) is 0. The maximum Gasteiger partial charge on any atom is 0.0729 e. The van der Waals surface area contributed by atoms with E-state index in [-0.39, 0.29) is 5.60 Å². The molecule has 0 aliphatic carbocycles. The summed E-state index contributed by atoms with van der Waals surface area (Å²) in [6, 6.07) is 0.323. The Morgan fingerprint density at radius 2 is 1.88 bits per heavy atom. The van der Waals surface area contributed by atoms with Gasteiger partial charge in [0.2, 0.25) is 0 Å². The van der Waals surface area contributed by atoms with Gasteiger partial charge in [0.25, 0.3) is 0 Å². The van der Waals surface area contributed by atoms with Gasteiger partial charge >= 0.3 is 0 Å². The summed E-state index contributed by atoms with van der Waals surface area (Å²) in [6.45, 7) is 7.02. The van der Waals surface area contributed by atoms with Crippen molar-refractivity contribution < 1.29 is 9.47 Å². The number of nitrogens with two attached hydrogens (primary N) is 1. The first-order valence-electron chi connectivity index (χ1n) is 6.60. The van der Waals surface area contributed by atoms with Crippen molar-refractivity contribution in [3.05, 3.63) is 0 Å². The van der Waals surface area contributed by atoms with Crippen LogP contribution in [0.3, 0.4) is 0 Å². The lowest BCUT2D eigenvalue weighted by molar-refractivity contribution is -0.150. The summed E-state index contributed by atoms with van der Waals surface area (Å²) in [4.78, 5) is 0. The maximum atomic E-state index is 6.29. The molecule has 2 unspecified atom stereocenters. The van der Waals surface area contributed by atoms with E-state index < -0.39 is 0 Å². The second-order valence-electron chi connectivity index (χ2n) is 5.72. The molecule has 16 heavy (non-hydrogen) atoms. The topological polar surface area (TPSA) is 44.5 Å². The minimum absolute atomic E-state index is 0.0909. The molecule has 3 nitrogen and oxygen atoms in total. The fraction of sp³-hybridized carbons (Fsp3) is 1.00. The molecular formula is C13H25NO2. The standard InChI is InChI=1S/C13H25NO2/c1-10(2)12(14)11-3-6-16-13(9-11)4-7-15-8-5-13/h10-12H,3-9,14H2,1-2H3. The first-order chi connectivity index (χ1) is 7.63. The molecule has 2 atom stereocenters. The summed E-state index contributed by atoms with van der Waals surface area (Å²) >= 11 is 0. The number of hydrogen-bond acceptors (Lipinski definition) is 3. The van der Waals surface area contributed by atoms with Gasteiger partial charge in [-0.1, -0.05) is 13.8 Å². The summed E-state index contributed by atoms with van der Waals surface area (Å²) in [6.07, 6.45) is 4.36. The van der Waals surface area contributed by atoms with E-state index in [2.05, 4.69) is 13.8 Å². The summed E-state index contributed by atoms with van der Waals surface area (Å²) < 4.78 is 11.5. The fourth-order valence-electron chi connectivity index (χ4n) is 3.03. The van der Waals surface area contributed by atoms with Crippen LogP contribution < -0.4 is 5.73 Å². The lowest BCUT2D eigenvalue weighted by Gasteiger charge is -2.45. The Kier molecular flexibility index (Phi) is 3.88. The Bertz CT molecular complexity index is 218. The molecule has 0 saturated carbocycles. The summed E-state index contributed by atoms with van der Waals surface area (Å²) in [5.74, 6) is 1.20. The van der Waals surface area contributed by atoms with E-state index in [1.54, 1.807) is 0 Å². The monoisotopic (exact) mass is 227 g/mol. The second kappa shape index (κ2) is 5.03. The smallest absolute Gasteiger partial charge is 0.0729 e. The molecule has 94 valence electrons. The van der Waals surface area contributed by atoms with Crippen LogP contribution in [0, 0.1) is 11.8 Å². The molecular weight excluding hydrogens is 202 g/mol. The highest BCUT2D eigenvalue weighted by Gasteiger charge is 2.40. The van der Waals surface area contributed by atoms with Crippen LogP contribution in [-0.4, -0.2) is 31.5 Å². The van der Waals surface area contributed by atoms with Gasteiger partial charge in [-0.3, -0.25) is 0 Å². The zero-order valence-corrected chi connectivity index (χ0v) is 10.6. The SMILES string of the molecule is CC(C)C(N)C1CCOC2(CCOCC2)C1. The van der Waals surface area contributed by atoms with E-state index in [9.17, 15) is 0 Å². The molecule has 2 heterocycles. The molecule has 2 aliphatic heterocycles. The lowest BCUT2D eigenvalue weighted by Crippen LogP contribution is -2.49. The molecule has 0 bridgehead atoms. The molecule has 1 spiro atoms. The molecule has 2 rings (SSSR count). The molecule has 2 fully saturated rings. The summed E-state index contributed by atoms with van der Waals surface area (Å²) in [7, 11) is 0. The van der Waals surface area contributed by atoms with Crippen molar-refractivity contribution >= 4 is 0 Å². The number of rotatable bonds is 2. The van der Waals surface area contributed by atoms with Crippen LogP contribution in [0.15, 0.2) is 0 Å². The maximum absolute atomic E-state index is 6.29. The Morgan fingerprint density at radius 3 is 2.50 bits per heavy atom. The van der Waals surface area contributed by atoms with Gasteiger partial charge in [-0.25, -0.2) is 0 Å². The number of ether oxygens (including phenoxy) is 2. The Labute approximate surface area is 98.7 Å². The van der Waals surface area contributed by atoms with E-state index in [1.165, 1.54) is 0 Å². The normalized spacial score (nSPS) is 31.9. The molecule has 3 heteroatoms. The van der Waals surface area contributed by atoms with E-state index in [0.29, 0.717) is 17.9 Å². The predicted octanol–water partition coefficient (Wildman–Crippen LogP) is 1.95. The van der Waals surface area contributed by atoms with E-state index in [0.717, 1.165) is 45.5 Å². The molecule has 0 aromatic heterocycles. The first kappa shape index (κ1) is 12.3. The zero-order valence-electron chi connectivity index (χ0n) is 10.6. The predicted molar refractivity (Wildman–Crippen MR) is 64.3 cm³/mol. The van der Waals surface area contributed by atoms with Crippen molar-refractivity contribution in [3.8, 4) is 0 Å². The van der Waals surface area contributed by atoms with Crippen molar-refractivity contribution in [2.75, 3.05) is 19.8 Å². The molecule has 0 amide bonds. The quantitative estimate of drug-likeness (QED) is 0.784. The highest BCUT2D eigenvalue weighted by atomic mass is 16.5. The van der Waals surface area contributed by atoms with Crippen LogP contribution in [0.25, 0.3) is 0 Å². The molecule has 2 saturated heterocycles. The third kappa shape index (κ3) is 2.58. The van der Waals surface area contributed by atoms with Crippen LogP contribution in [-0.2, 0) is 9.47 Å². The minimum atomic E-state index is 0.0909. The molecule has 0 aromatic rings. The van der Waals surface area contributed by atoms with Crippen molar-refractivity contribution in [3.63, 3.8) is 0 Å². The molecule has 0 aromatic carbocycles. The van der Waals surface area contributed by atoms with Crippen LogP contribution in [0.2, 0.25) is 0 Å². The average Bonchev–Trinajstić information content (AvgIpc) is 2.29. The highest BCUT2D eigenvalue weighted by Crippen LogP contribution is 2.38. The second-order valence-corrected chi connectivity index (χ2v) is 5.72. The van der Waals surface area contributed by atoms with Gasteiger partial charge < -0.3 is 15.2 Å². The number of hydrogen-bond donors (Lipinski definition) is 1. The molecule has 2 aliphatic rings. The van der Waals surface area contributed by atoms with Crippen molar-refractivity contribution in [2.45, 2.75) is 51.2 Å². The van der Waals surface area contributed by atoms with E-state index >= 15 is 0 Å². The third-order valence-corrected chi connectivity index (χ3v) is 4.25. The zero-order chi connectivity index (χ0) is 11.6. The van der Waals surface area contributed by atoms with Crippen molar-refractivity contribution in [1.82, 2.24) is 0 Å². The third-order valence-electron chi connectivity index (χ3n) is 4.25. The van der Waals surface area contributed by atoms with Gasteiger partial charge in [0.15, 0.2) is 0 Å². The highest BCUT2D eigenvalue weighted by molar-refractivity contribution is 4.92. The van der Waals surface area contributed by atoms with Gasteiger partial charge in [0, 0.05) is 25.9 Å². The van der Waals surface area contributed by atoms with E-state index in [1.807, 2.05) is 0 Å². The Balaban J connectivity index is 1.97. The minimum Gasteiger partial charge on any atom is -0.381 e. The largest absolute Gasteiger partial charge is 0.381 e. The van der Waals surface area contributed by atoms with Gasteiger partial charge in [-0.05, 0) is 37.5 Å². The Morgan fingerprint density at radius 1 is 1.19 bits per heavy atom. The molecule has 0 radical (unpaired) electrons. The van der Waals surface area contributed by atoms with Gasteiger partial charge in [-0.15, -0.1) is 0 Å². The van der Waals surface area contributed by atoms with Gasteiger partial charge in [-0.2, -0.15) is 0 Å². The van der Waals surface area contributed by atoms with Crippen LogP contribution in [0.1, 0.15) is 39.5 Å². The van der Waals surface area contributed by atoms with Crippen molar-refractivity contribution in [2.24, 2.45) is 17.6 Å². The van der Waals surface area contributed by atoms with Gasteiger partial charge in [0.05, 0.1) is 5.60 Å².